The maximum Gasteiger partial charge on any atom is 0.336 e. The summed E-state index contributed by atoms with van der Waals surface area (Å²) in [5, 5.41) is 11.7. The van der Waals surface area contributed by atoms with Crippen LogP contribution >= 0.6 is 15.9 Å². The monoisotopic (exact) mass is 304 g/mol. The van der Waals surface area contributed by atoms with E-state index >= 15 is 0 Å². The van der Waals surface area contributed by atoms with Gasteiger partial charge in [0.25, 0.3) is 0 Å². The Morgan fingerprint density at radius 3 is 2.71 bits per heavy atom. The van der Waals surface area contributed by atoms with E-state index in [0.717, 1.165) is 6.54 Å². The van der Waals surface area contributed by atoms with Gasteiger partial charge in [0.1, 0.15) is 0 Å². The number of rotatable bonds is 5. The van der Waals surface area contributed by atoms with Crippen molar-refractivity contribution in [1.82, 2.24) is 4.90 Å². The topological polar surface area (TPSA) is 52.6 Å². The van der Waals surface area contributed by atoms with Gasteiger partial charge in [-0.2, -0.15) is 0 Å². The summed E-state index contributed by atoms with van der Waals surface area (Å²) in [5.74, 6) is -1.74. The van der Waals surface area contributed by atoms with Crippen LogP contribution in [0.15, 0.2) is 16.6 Å². The molecule has 4 nitrogen and oxygen atoms in total. The zero-order chi connectivity index (χ0) is 13.0. The molecule has 94 valence electrons. The van der Waals surface area contributed by atoms with E-state index < -0.39 is 11.8 Å². The maximum absolute atomic E-state index is 13.8. The fraction of sp³-hybridized carbons (Fsp3) is 0.364. The second kappa shape index (κ2) is 5.97. The van der Waals surface area contributed by atoms with E-state index in [0.29, 0.717) is 12.2 Å². The minimum atomic E-state index is -1.16. The van der Waals surface area contributed by atoms with Gasteiger partial charge in [-0.3, -0.25) is 0 Å². The van der Waals surface area contributed by atoms with Gasteiger partial charge in [-0.15, -0.1) is 0 Å². The molecule has 0 unspecified atom stereocenters. The van der Waals surface area contributed by atoms with Crippen molar-refractivity contribution in [3.05, 3.63) is 28.0 Å². The van der Waals surface area contributed by atoms with Crippen molar-refractivity contribution in [3.8, 4) is 0 Å². The number of carboxylic acids is 1. The average molecular weight is 305 g/mol. The van der Waals surface area contributed by atoms with Gasteiger partial charge in [0.05, 0.1) is 15.7 Å². The number of nitrogens with one attached hydrogen (secondary N) is 1. The summed E-state index contributed by atoms with van der Waals surface area (Å²) in [7, 11) is 3.84. The number of carbonyl (C=O) groups is 1. The van der Waals surface area contributed by atoms with E-state index in [2.05, 4.69) is 21.2 Å². The highest BCUT2D eigenvalue weighted by molar-refractivity contribution is 9.10. The lowest BCUT2D eigenvalue weighted by molar-refractivity contribution is 0.0695. The van der Waals surface area contributed by atoms with Crippen molar-refractivity contribution in [2.75, 3.05) is 32.5 Å². The zero-order valence-corrected chi connectivity index (χ0v) is 11.2. The third kappa shape index (κ3) is 3.67. The van der Waals surface area contributed by atoms with Crippen molar-refractivity contribution in [3.63, 3.8) is 0 Å². The molecule has 0 aliphatic rings. The minimum absolute atomic E-state index is 0.0279. The number of nitrogens with zero attached hydrogens (tertiary/aromatic N) is 1. The lowest BCUT2D eigenvalue weighted by atomic mass is 10.2. The molecule has 0 saturated carbocycles. The van der Waals surface area contributed by atoms with Crippen LogP contribution in [0.2, 0.25) is 0 Å². The standard InChI is InChI=1S/C11H14BrFN2O2/c1-15(2)6-5-14-8-4-3-7(11(16)17)9(12)10(8)13/h3-4,14H,5-6H2,1-2H3,(H,16,17). The van der Waals surface area contributed by atoms with Crippen molar-refractivity contribution in [2.45, 2.75) is 0 Å². The Kier molecular flexibility index (Phi) is 4.89. The number of carboxylic acid groups (broad SMARTS) is 1. The van der Waals surface area contributed by atoms with Gasteiger partial charge in [0, 0.05) is 13.1 Å². The first-order valence-corrected chi connectivity index (χ1v) is 5.82. The van der Waals surface area contributed by atoms with Crippen LogP contribution in [0.5, 0.6) is 0 Å². The molecule has 0 atom stereocenters. The van der Waals surface area contributed by atoms with Crippen LogP contribution in [0.3, 0.4) is 0 Å². The van der Waals surface area contributed by atoms with Gasteiger partial charge >= 0.3 is 5.97 Å². The summed E-state index contributed by atoms with van der Waals surface area (Å²) in [6, 6.07) is 2.80. The van der Waals surface area contributed by atoms with Crippen LogP contribution in [0.1, 0.15) is 10.4 Å². The van der Waals surface area contributed by atoms with Gasteiger partial charge in [-0.05, 0) is 42.2 Å². The number of halogens is 2. The Morgan fingerprint density at radius 1 is 1.53 bits per heavy atom. The van der Waals surface area contributed by atoms with Gasteiger partial charge in [-0.25, -0.2) is 9.18 Å². The lowest BCUT2D eigenvalue weighted by Crippen LogP contribution is -2.21. The molecule has 1 rings (SSSR count). The van der Waals surface area contributed by atoms with Crippen LogP contribution < -0.4 is 5.32 Å². The summed E-state index contributed by atoms with van der Waals surface area (Å²) >= 11 is 2.95. The van der Waals surface area contributed by atoms with Gasteiger partial charge in [0.15, 0.2) is 5.82 Å². The van der Waals surface area contributed by atoms with Crippen LogP contribution in [-0.2, 0) is 0 Å². The molecule has 0 saturated heterocycles. The first-order valence-electron chi connectivity index (χ1n) is 5.03. The molecule has 1 aromatic rings. The molecule has 0 aliphatic carbocycles. The van der Waals surface area contributed by atoms with Crippen LogP contribution in [0.25, 0.3) is 0 Å². The summed E-state index contributed by atoms with van der Waals surface area (Å²) < 4.78 is 13.7. The van der Waals surface area contributed by atoms with E-state index in [1.165, 1.54) is 12.1 Å². The van der Waals surface area contributed by atoms with Crippen molar-refractivity contribution in [1.29, 1.82) is 0 Å². The smallest absolute Gasteiger partial charge is 0.336 e. The SMILES string of the molecule is CN(C)CCNc1ccc(C(=O)O)c(Br)c1F. The van der Waals surface area contributed by atoms with Crippen molar-refractivity contribution < 1.29 is 14.3 Å². The van der Waals surface area contributed by atoms with Crippen LogP contribution in [0, 0.1) is 5.82 Å². The Labute approximate surface area is 108 Å². The largest absolute Gasteiger partial charge is 0.478 e. The molecule has 2 N–H and O–H groups in total. The van der Waals surface area contributed by atoms with Crippen LogP contribution in [-0.4, -0.2) is 43.2 Å². The fourth-order valence-electron chi connectivity index (χ4n) is 1.27. The molecule has 6 heteroatoms. The Hall–Kier alpha value is -1.14. The molecular weight excluding hydrogens is 291 g/mol. The Bertz CT molecular complexity index is 424. The quantitative estimate of drug-likeness (QED) is 0.876. The molecule has 0 spiro atoms. The molecule has 0 amide bonds. The van der Waals surface area contributed by atoms with E-state index in [1.807, 2.05) is 19.0 Å². The Balaban J connectivity index is 2.82. The summed E-state index contributed by atoms with van der Waals surface area (Å²) in [6.07, 6.45) is 0. The molecule has 0 bridgehead atoms. The molecule has 0 heterocycles. The van der Waals surface area contributed by atoms with E-state index in [1.54, 1.807) is 0 Å². The average Bonchev–Trinajstić information content (AvgIpc) is 2.23. The van der Waals surface area contributed by atoms with Crippen molar-refractivity contribution >= 4 is 27.6 Å². The minimum Gasteiger partial charge on any atom is -0.478 e. The highest BCUT2D eigenvalue weighted by atomic mass is 79.9. The fourth-order valence-corrected chi connectivity index (χ4v) is 1.78. The third-order valence-electron chi connectivity index (χ3n) is 2.19. The number of benzene rings is 1. The zero-order valence-electron chi connectivity index (χ0n) is 9.63. The summed E-state index contributed by atoms with van der Waals surface area (Å²) in [6.45, 7) is 1.35. The molecule has 0 aliphatic heterocycles. The number of hydrogen-bond acceptors (Lipinski definition) is 3. The molecule has 0 fully saturated rings. The van der Waals surface area contributed by atoms with Gasteiger partial charge in [0.2, 0.25) is 0 Å². The number of likely N-dealkylation sites (N-methyl/N-ethyl adjacent to an activating group) is 1. The molecule has 0 radical (unpaired) electrons. The maximum atomic E-state index is 13.8. The second-order valence-electron chi connectivity index (χ2n) is 3.82. The molecule has 0 aromatic heterocycles. The predicted octanol–water partition coefficient (Wildman–Crippen LogP) is 2.26. The molecular formula is C11H14BrFN2O2. The van der Waals surface area contributed by atoms with Crippen molar-refractivity contribution in [2.24, 2.45) is 0 Å². The summed E-state index contributed by atoms with van der Waals surface area (Å²) in [5.41, 5.74) is 0.212. The second-order valence-corrected chi connectivity index (χ2v) is 4.62. The first-order chi connectivity index (χ1) is 7.93. The highest BCUT2D eigenvalue weighted by Crippen LogP contribution is 2.26. The highest BCUT2D eigenvalue weighted by Gasteiger charge is 2.15. The van der Waals surface area contributed by atoms with Gasteiger partial charge < -0.3 is 15.3 Å². The molecule has 1 aromatic carbocycles. The number of hydrogen-bond donors (Lipinski definition) is 2. The van der Waals surface area contributed by atoms with Crippen LogP contribution in [0.4, 0.5) is 10.1 Å². The Morgan fingerprint density at radius 2 is 2.18 bits per heavy atom. The van der Waals surface area contributed by atoms with E-state index in [4.69, 9.17) is 5.11 Å². The van der Waals surface area contributed by atoms with E-state index in [-0.39, 0.29) is 10.0 Å². The first kappa shape index (κ1) is 13.9. The predicted molar refractivity (Wildman–Crippen MR) is 68.1 cm³/mol. The van der Waals surface area contributed by atoms with Gasteiger partial charge in [-0.1, -0.05) is 0 Å². The normalized spacial score (nSPS) is 10.6. The summed E-state index contributed by atoms with van der Waals surface area (Å²) in [4.78, 5) is 12.7. The number of anilines is 1. The molecule has 17 heavy (non-hydrogen) atoms. The third-order valence-corrected chi connectivity index (χ3v) is 2.96. The lowest BCUT2D eigenvalue weighted by Gasteiger charge is -2.13. The number of aromatic carboxylic acids is 1. The van der Waals surface area contributed by atoms with E-state index in [9.17, 15) is 9.18 Å².